The van der Waals surface area contributed by atoms with Gasteiger partial charge in [0.25, 0.3) is 5.91 Å². The first-order valence-corrected chi connectivity index (χ1v) is 7.32. The molecule has 0 spiro atoms. The molecule has 1 fully saturated rings. The molecule has 1 aliphatic rings. The lowest BCUT2D eigenvalue weighted by Gasteiger charge is -2.24. The molecule has 0 unspecified atom stereocenters. The Kier molecular flexibility index (Phi) is 5.49. The Morgan fingerprint density at radius 1 is 1.10 bits per heavy atom. The normalized spacial score (nSPS) is 16.5. The number of carboxylic acids is 1. The minimum absolute atomic E-state index is 0.0185. The maximum atomic E-state index is 12.5. The van der Waals surface area contributed by atoms with Crippen molar-refractivity contribution in [2.24, 2.45) is 0 Å². The molecule has 1 N–H and O–H groups in total. The third-order valence-corrected chi connectivity index (χ3v) is 3.57. The van der Waals surface area contributed by atoms with Crippen molar-refractivity contribution in [2.45, 2.75) is 32.1 Å². The fraction of sp³-hybridized carbons (Fsp3) is 0.438. The number of likely N-dealkylation sites (tertiary alicyclic amines) is 1. The number of hydrogen-bond acceptors (Lipinski definition) is 3. The van der Waals surface area contributed by atoms with Gasteiger partial charge in [-0.25, -0.2) is 4.79 Å². The van der Waals surface area contributed by atoms with Crippen molar-refractivity contribution < 1.29 is 14.7 Å². The minimum Gasteiger partial charge on any atom is -0.478 e. The van der Waals surface area contributed by atoms with Crippen LogP contribution in [0.3, 0.4) is 0 Å². The number of carboxylic acid groups (broad SMARTS) is 1. The van der Waals surface area contributed by atoms with Crippen LogP contribution in [0.4, 0.5) is 0 Å². The second-order valence-corrected chi connectivity index (χ2v) is 5.24. The lowest BCUT2D eigenvalue weighted by Crippen LogP contribution is -2.33. The summed E-state index contributed by atoms with van der Waals surface area (Å²) in [6.45, 7) is 1.57. The Morgan fingerprint density at radius 3 is 2.43 bits per heavy atom. The van der Waals surface area contributed by atoms with E-state index in [4.69, 9.17) is 5.11 Å². The third kappa shape index (κ3) is 4.70. The Balaban J connectivity index is 2.10. The summed E-state index contributed by atoms with van der Waals surface area (Å²) in [5, 5.41) is 8.63. The van der Waals surface area contributed by atoms with Gasteiger partial charge in [-0.05, 0) is 30.5 Å². The van der Waals surface area contributed by atoms with E-state index in [1.54, 1.807) is 18.5 Å². The van der Waals surface area contributed by atoms with E-state index in [2.05, 4.69) is 4.98 Å². The van der Waals surface area contributed by atoms with Gasteiger partial charge < -0.3 is 10.0 Å². The van der Waals surface area contributed by atoms with Gasteiger partial charge in [-0.3, -0.25) is 9.78 Å². The van der Waals surface area contributed by atoms with E-state index in [1.165, 1.54) is 25.3 Å². The quantitative estimate of drug-likeness (QED) is 0.868. The Morgan fingerprint density at radius 2 is 1.76 bits per heavy atom. The predicted molar refractivity (Wildman–Crippen MR) is 79.9 cm³/mol. The lowest BCUT2D eigenvalue weighted by molar-refractivity contribution is -0.131. The van der Waals surface area contributed by atoms with Crippen LogP contribution < -0.4 is 0 Å². The van der Waals surface area contributed by atoms with E-state index in [9.17, 15) is 9.59 Å². The second kappa shape index (κ2) is 7.57. The number of carbonyl (C=O) groups excluding carboxylic acids is 1. The maximum Gasteiger partial charge on any atom is 0.328 e. The monoisotopic (exact) mass is 288 g/mol. The predicted octanol–water partition coefficient (Wildman–Crippen LogP) is 2.59. The number of carbonyl (C=O) groups is 2. The summed E-state index contributed by atoms with van der Waals surface area (Å²) < 4.78 is 0. The number of hydrogen-bond donors (Lipinski definition) is 1. The van der Waals surface area contributed by atoms with Gasteiger partial charge in [-0.2, -0.15) is 0 Å². The smallest absolute Gasteiger partial charge is 0.328 e. The molecule has 0 bridgehead atoms. The van der Waals surface area contributed by atoms with Gasteiger partial charge in [-0.15, -0.1) is 0 Å². The summed E-state index contributed by atoms with van der Waals surface area (Å²) in [6.07, 6.45) is 11.2. The fourth-order valence-electron chi connectivity index (χ4n) is 2.47. The van der Waals surface area contributed by atoms with Crippen LogP contribution >= 0.6 is 0 Å². The number of pyridine rings is 1. The number of nitrogens with zero attached hydrogens (tertiary/aromatic N) is 2. The third-order valence-electron chi connectivity index (χ3n) is 3.57. The van der Waals surface area contributed by atoms with Crippen LogP contribution in [0, 0.1) is 0 Å². The largest absolute Gasteiger partial charge is 0.478 e. The van der Waals surface area contributed by atoms with Crippen molar-refractivity contribution in [3.05, 3.63) is 35.7 Å². The van der Waals surface area contributed by atoms with Gasteiger partial charge in [0, 0.05) is 31.6 Å². The van der Waals surface area contributed by atoms with Crippen LogP contribution in [-0.2, 0) is 4.79 Å². The van der Waals surface area contributed by atoms with Gasteiger partial charge in [-0.1, -0.05) is 19.3 Å². The first kappa shape index (κ1) is 15.2. The van der Waals surface area contributed by atoms with E-state index in [1.807, 2.05) is 4.90 Å². The summed E-state index contributed by atoms with van der Waals surface area (Å²) in [5.74, 6) is -1.04. The Bertz CT molecular complexity index is 532. The topological polar surface area (TPSA) is 70.5 Å². The molecular weight excluding hydrogens is 268 g/mol. The molecule has 1 saturated heterocycles. The van der Waals surface area contributed by atoms with Gasteiger partial charge >= 0.3 is 5.97 Å². The van der Waals surface area contributed by atoms with Crippen LogP contribution in [0.1, 0.15) is 48.0 Å². The Hall–Kier alpha value is -2.17. The highest BCUT2D eigenvalue weighted by Crippen LogP contribution is 2.14. The minimum atomic E-state index is -1.02. The summed E-state index contributed by atoms with van der Waals surface area (Å²) >= 11 is 0. The average molecular weight is 288 g/mol. The molecule has 0 aliphatic carbocycles. The molecule has 0 radical (unpaired) electrons. The molecule has 5 heteroatoms. The van der Waals surface area contributed by atoms with Crippen molar-refractivity contribution in [1.82, 2.24) is 9.88 Å². The zero-order valence-corrected chi connectivity index (χ0v) is 12.0. The van der Waals surface area contributed by atoms with Crippen molar-refractivity contribution in [3.63, 3.8) is 0 Å². The molecule has 21 heavy (non-hydrogen) atoms. The van der Waals surface area contributed by atoms with Crippen LogP contribution in [-0.4, -0.2) is 40.0 Å². The first-order valence-electron chi connectivity index (χ1n) is 7.32. The zero-order valence-electron chi connectivity index (χ0n) is 12.0. The van der Waals surface area contributed by atoms with E-state index < -0.39 is 5.97 Å². The molecule has 2 heterocycles. The summed E-state index contributed by atoms with van der Waals surface area (Å²) in [7, 11) is 0. The first-order chi connectivity index (χ1) is 10.2. The second-order valence-electron chi connectivity index (χ2n) is 5.24. The molecular formula is C16H20N2O3. The molecule has 5 nitrogen and oxygen atoms in total. The van der Waals surface area contributed by atoms with E-state index in [0.717, 1.165) is 32.0 Å². The highest BCUT2D eigenvalue weighted by atomic mass is 16.4. The standard InChI is InChI=1S/C16H20N2O3/c19-15(20)7-6-13-10-14(12-17-11-13)16(21)18-8-4-2-1-3-5-9-18/h6-7,10-12H,1-5,8-9H2,(H,19,20). The highest BCUT2D eigenvalue weighted by Gasteiger charge is 2.17. The molecule has 2 rings (SSSR count). The summed E-state index contributed by atoms with van der Waals surface area (Å²) in [6, 6.07) is 1.69. The van der Waals surface area contributed by atoms with Crippen molar-refractivity contribution in [3.8, 4) is 0 Å². The van der Waals surface area contributed by atoms with E-state index >= 15 is 0 Å². The molecule has 112 valence electrons. The van der Waals surface area contributed by atoms with Gasteiger partial charge in [0.05, 0.1) is 5.56 Å². The number of aromatic nitrogens is 1. The van der Waals surface area contributed by atoms with Crippen LogP contribution in [0.25, 0.3) is 6.08 Å². The van der Waals surface area contributed by atoms with Gasteiger partial charge in [0.1, 0.15) is 0 Å². The van der Waals surface area contributed by atoms with Crippen molar-refractivity contribution >= 4 is 18.0 Å². The molecule has 1 amide bonds. The molecule has 1 aromatic rings. The van der Waals surface area contributed by atoms with Gasteiger partial charge in [0.15, 0.2) is 0 Å². The number of aliphatic carboxylic acids is 1. The molecule has 1 aliphatic heterocycles. The van der Waals surface area contributed by atoms with Crippen molar-refractivity contribution in [1.29, 1.82) is 0 Å². The Labute approximate surface area is 124 Å². The molecule has 0 atom stereocenters. The number of rotatable bonds is 3. The molecule has 1 aromatic heterocycles. The average Bonchev–Trinajstić information content (AvgIpc) is 2.44. The lowest BCUT2D eigenvalue weighted by atomic mass is 10.1. The molecule has 0 aromatic carbocycles. The fourth-order valence-corrected chi connectivity index (χ4v) is 2.47. The molecule has 0 saturated carbocycles. The van der Waals surface area contributed by atoms with Crippen LogP contribution in [0.5, 0.6) is 0 Å². The van der Waals surface area contributed by atoms with Gasteiger partial charge in [0.2, 0.25) is 0 Å². The highest BCUT2D eigenvalue weighted by molar-refractivity contribution is 5.94. The SMILES string of the molecule is O=C(O)C=Cc1cncc(C(=O)N2CCCCCCC2)c1. The maximum absolute atomic E-state index is 12.5. The van der Waals surface area contributed by atoms with E-state index in [-0.39, 0.29) is 5.91 Å². The number of amides is 1. The zero-order chi connectivity index (χ0) is 15.1. The summed E-state index contributed by atoms with van der Waals surface area (Å²) in [4.78, 5) is 28.9. The van der Waals surface area contributed by atoms with E-state index in [0.29, 0.717) is 11.1 Å². The summed E-state index contributed by atoms with van der Waals surface area (Å²) in [5.41, 5.74) is 1.14. The van der Waals surface area contributed by atoms with Crippen LogP contribution in [0.2, 0.25) is 0 Å². The van der Waals surface area contributed by atoms with Crippen molar-refractivity contribution in [2.75, 3.05) is 13.1 Å². The van der Waals surface area contributed by atoms with Crippen LogP contribution in [0.15, 0.2) is 24.5 Å².